The maximum absolute atomic E-state index is 8.52. The molecule has 0 radical (unpaired) electrons. The molecule has 0 rings (SSSR count). The van der Waals surface area contributed by atoms with E-state index in [1.54, 1.807) is 0 Å². The van der Waals surface area contributed by atoms with Crippen LogP contribution in [0.3, 0.4) is 0 Å². The van der Waals surface area contributed by atoms with Gasteiger partial charge in [0.25, 0.3) is 0 Å². The van der Waals surface area contributed by atoms with E-state index in [0.29, 0.717) is 0 Å². The smallest absolute Gasteiger partial charge is 0.759 e. The van der Waals surface area contributed by atoms with E-state index in [4.69, 9.17) is 35.0 Å². The van der Waals surface area contributed by atoms with Crippen LogP contribution in [0.2, 0.25) is 0 Å². The quantitative estimate of drug-likeness (QED) is 0.237. The summed E-state index contributed by atoms with van der Waals surface area (Å²) in [7, 11) is -10.3. The topological polar surface area (TPSA) is 192 Å². The summed E-state index contributed by atoms with van der Waals surface area (Å²) in [5, 5.41) is 0. The summed E-state index contributed by atoms with van der Waals surface area (Å²) in [5.74, 6) is 0. The van der Waals surface area contributed by atoms with Crippen molar-refractivity contribution in [2.24, 2.45) is 0 Å². The van der Waals surface area contributed by atoms with Crippen LogP contribution in [-0.2, 0) is 20.8 Å². The summed E-state index contributed by atoms with van der Waals surface area (Å²) in [6.07, 6.45) is 0. The summed E-state index contributed by atoms with van der Waals surface area (Å²) in [5.41, 5.74) is 0. The molecular formula is H2MgNa2O9S2. The summed E-state index contributed by atoms with van der Waals surface area (Å²) >= 11 is 0. The third-order valence-corrected chi connectivity index (χ3v) is 0. The van der Waals surface area contributed by atoms with E-state index in [1.807, 2.05) is 0 Å². The molecular weight excluding hydrogens is 278 g/mol. The van der Waals surface area contributed by atoms with Gasteiger partial charge in [-0.25, -0.2) is 0 Å². The molecule has 0 heterocycles. The Hall–Kier alpha value is 2.47. The third-order valence-electron chi connectivity index (χ3n) is 0. The summed E-state index contributed by atoms with van der Waals surface area (Å²) in [6.45, 7) is 0. The summed E-state index contributed by atoms with van der Waals surface area (Å²) in [6, 6.07) is 0. The summed E-state index contributed by atoms with van der Waals surface area (Å²) < 4.78 is 68.2. The van der Waals surface area contributed by atoms with Crippen molar-refractivity contribution in [1.82, 2.24) is 0 Å². The van der Waals surface area contributed by atoms with Crippen LogP contribution < -0.4 is 59.1 Å². The number of rotatable bonds is 0. The van der Waals surface area contributed by atoms with Crippen LogP contribution in [0.1, 0.15) is 0 Å². The van der Waals surface area contributed by atoms with E-state index in [2.05, 4.69) is 0 Å². The molecule has 0 aromatic heterocycles. The number of hydrogen-bond donors (Lipinski definition) is 0. The van der Waals surface area contributed by atoms with Crippen molar-refractivity contribution in [3.05, 3.63) is 0 Å². The Bertz CT molecular complexity index is 217. The van der Waals surface area contributed by atoms with Gasteiger partial charge in [0.05, 0.1) is 0 Å². The second kappa shape index (κ2) is 15.5. The van der Waals surface area contributed by atoms with Crippen LogP contribution >= 0.6 is 0 Å². The standard InChI is InChI=1S/Mg.2Na.2H2O4S.H2O/c;;;2*1-5(2,3)4;/h;;;2*(H2,1,2,3,4);1H2/q+2;2*+1;;;/p-4. The molecule has 0 aliphatic rings. The largest absolute Gasteiger partial charge is 2.00 e. The van der Waals surface area contributed by atoms with Gasteiger partial charge in [-0.15, -0.1) is 0 Å². The van der Waals surface area contributed by atoms with Gasteiger partial charge < -0.3 is 23.7 Å². The van der Waals surface area contributed by atoms with Crippen molar-refractivity contribution in [2.45, 2.75) is 0 Å². The maximum Gasteiger partial charge on any atom is 2.00 e. The molecule has 0 aromatic carbocycles. The van der Waals surface area contributed by atoms with E-state index in [9.17, 15) is 0 Å². The van der Waals surface area contributed by atoms with Crippen molar-refractivity contribution in [1.29, 1.82) is 0 Å². The molecule has 0 atom stereocenters. The Labute approximate surface area is 141 Å². The molecule has 0 saturated heterocycles. The second-order valence-electron chi connectivity index (χ2n) is 0.816. The fourth-order valence-electron chi connectivity index (χ4n) is 0. The fourth-order valence-corrected chi connectivity index (χ4v) is 0. The Morgan fingerprint density at radius 3 is 0.643 bits per heavy atom. The zero-order valence-electron chi connectivity index (χ0n) is 7.29. The van der Waals surface area contributed by atoms with E-state index in [1.165, 1.54) is 0 Å². The molecule has 0 aliphatic carbocycles. The Morgan fingerprint density at radius 1 is 0.643 bits per heavy atom. The first-order valence-electron chi connectivity index (χ1n) is 1.33. The van der Waals surface area contributed by atoms with Crippen molar-refractivity contribution in [3.8, 4) is 0 Å². The minimum Gasteiger partial charge on any atom is -0.759 e. The fraction of sp³-hybridized carbons (Fsp3) is 0. The molecule has 0 fully saturated rings. The molecule has 2 N–H and O–H groups in total. The minimum atomic E-state index is -5.17. The van der Waals surface area contributed by atoms with Crippen molar-refractivity contribution in [2.75, 3.05) is 0 Å². The first-order valence-corrected chi connectivity index (χ1v) is 4.00. The summed E-state index contributed by atoms with van der Waals surface area (Å²) in [4.78, 5) is 0. The third kappa shape index (κ3) is 431. The van der Waals surface area contributed by atoms with Gasteiger partial charge in [-0.2, -0.15) is 0 Å². The minimum absolute atomic E-state index is 0. The SMILES string of the molecule is O.O=S(=O)([O-])[O-].O=S(=O)([O-])[O-].[Mg+2].[Na+].[Na+]. The molecule has 72 valence electrons. The average molecular weight is 280 g/mol. The zero-order valence-corrected chi connectivity index (χ0v) is 14.3. The van der Waals surface area contributed by atoms with Gasteiger partial charge >= 0.3 is 82.2 Å². The van der Waals surface area contributed by atoms with Crippen LogP contribution in [0.15, 0.2) is 0 Å². The molecule has 0 aromatic rings. The molecule has 0 amide bonds. The molecule has 0 saturated carbocycles. The van der Waals surface area contributed by atoms with Crippen LogP contribution in [0, 0.1) is 0 Å². The average Bonchev–Trinajstić information content (AvgIpc) is 1.12. The second-order valence-corrected chi connectivity index (χ2v) is 2.45. The molecule has 0 unspecified atom stereocenters. The van der Waals surface area contributed by atoms with Gasteiger partial charge in [0.1, 0.15) is 0 Å². The van der Waals surface area contributed by atoms with Crippen molar-refractivity contribution < 1.29 is 99.6 Å². The van der Waals surface area contributed by atoms with Crippen LogP contribution in [0.25, 0.3) is 0 Å². The maximum atomic E-state index is 8.52. The van der Waals surface area contributed by atoms with E-state index >= 15 is 0 Å². The predicted molar refractivity (Wildman–Crippen MR) is 30.3 cm³/mol. The van der Waals surface area contributed by atoms with E-state index in [0.717, 1.165) is 0 Å². The molecule has 9 nitrogen and oxygen atoms in total. The van der Waals surface area contributed by atoms with Crippen LogP contribution in [0.4, 0.5) is 0 Å². The first-order chi connectivity index (χ1) is 4.00. The first kappa shape index (κ1) is 36.0. The molecule has 0 spiro atoms. The van der Waals surface area contributed by atoms with Gasteiger partial charge in [0.15, 0.2) is 0 Å². The monoisotopic (exact) mass is 280 g/mol. The van der Waals surface area contributed by atoms with Gasteiger partial charge in [-0.3, -0.25) is 16.8 Å². The Morgan fingerprint density at radius 2 is 0.643 bits per heavy atom. The predicted octanol–water partition coefficient (Wildman–Crippen LogP) is -9.87. The number of hydrogen-bond acceptors (Lipinski definition) is 8. The molecule has 0 aliphatic heterocycles. The molecule has 0 bridgehead atoms. The van der Waals surface area contributed by atoms with Crippen LogP contribution in [0.5, 0.6) is 0 Å². The molecule has 14 heavy (non-hydrogen) atoms. The van der Waals surface area contributed by atoms with Crippen molar-refractivity contribution >= 4 is 43.9 Å². The zero-order chi connectivity index (χ0) is 9.00. The van der Waals surface area contributed by atoms with Gasteiger partial charge in [0, 0.05) is 20.8 Å². The van der Waals surface area contributed by atoms with Crippen molar-refractivity contribution in [3.63, 3.8) is 0 Å². The van der Waals surface area contributed by atoms with Gasteiger partial charge in [-0.1, -0.05) is 0 Å². The Kier molecular flexibility index (Phi) is 39.7. The van der Waals surface area contributed by atoms with Gasteiger partial charge in [-0.05, 0) is 0 Å². The van der Waals surface area contributed by atoms with Crippen LogP contribution in [-0.4, -0.2) is 63.6 Å². The molecule has 14 heteroatoms. The Balaban J connectivity index is -0.0000000178. The van der Waals surface area contributed by atoms with E-state index < -0.39 is 20.8 Å². The van der Waals surface area contributed by atoms with Gasteiger partial charge in [0.2, 0.25) is 0 Å². The van der Waals surface area contributed by atoms with E-state index in [-0.39, 0.29) is 87.6 Å². The normalized spacial score (nSPS) is 8.29.